The molecule has 0 aliphatic carbocycles. The van der Waals surface area contributed by atoms with Crippen molar-refractivity contribution in [3.63, 3.8) is 0 Å². The Morgan fingerprint density at radius 2 is 1.79 bits per heavy atom. The largest absolute Gasteiger partial charge is 0.356 e. The molecule has 43 heavy (non-hydrogen) atoms. The number of fused-ring (bicyclic) bond motifs is 1. The van der Waals surface area contributed by atoms with E-state index in [0.29, 0.717) is 39.5 Å². The van der Waals surface area contributed by atoms with Gasteiger partial charge in [-0.3, -0.25) is 24.0 Å². The van der Waals surface area contributed by atoms with Gasteiger partial charge in [0.25, 0.3) is 11.8 Å². The summed E-state index contributed by atoms with van der Waals surface area (Å²) in [4.78, 5) is 68.3. The van der Waals surface area contributed by atoms with E-state index in [1.54, 1.807) is 32.9 Å². The predicted molar refractivity (Wildman–Crippen MR) is 160 cm³/mol. The van der Waals surface area contributed by atoms with Crippen molar-refractivity contribution in [3.05, 3.63) is 69.6 Å². The second kappa shape index (κ2) is 13.1. The monoisotopic (exact) mass is 631 g/mol. The van der Waals surface area contributed by atoms with Crippen LogP contribution in [0.3, 0.4) is 0 Å². The van der Waals surface area contributed by atoms with E-state index >= 15 is 0 Å². The number of benzene rings is 2. The average molecular weight is 633 g/mol. The van der Waals surface area contributed by atoms with Crippen molar-refractivity contribution in [3.8, 4) is 0 Å². The number of aromatic nitrogens is 1. The lowest BCUT2D eigenvalue weighted by Gasteiger charge is -2.26. The molecule has 0 saturated carbocycles. The van der Waals surface area contributed by atoms with Gasteiger partial charge >= 0.3 is 0 Å². The van der Waals surface area contributed by atoms with Gasteiger partial charge in [-0.15, -0.1) is 0 Å². The van der Waals surface area contributed by atoms with E-state index in [0.717, 1.165) is 0 Å². The normalized spacial score (nSPS) is 16.3. The van der Waals surface area contributed by atoms with Crippen LogP contribution < -0.4 is 21.3 Å². The molecule has 4 amide bonds. The number of ketones is 1. The molecule has 228 valence electrons. The maximum absolute atomic E-state index is 14.0. The summed E-state index contributed by atoms with van der Waals surface area (Å²) >= 11 is 12.3. The number of aromatic amines is 1. The molecule has 1 aliphatic rings. The van der Waals surface area contributed by atoms with E-state index in [9.17, 15) is 28.4 Å². The molecule has 0 spiro atoms. The van der Waals surface area contributed by atoms with Crippen LogP contribution in [0.4, 0.5) is 4.39 Å². The molecule has 3 aromatic rings. The number of hydrogen-bond acceptors (Lipinski definition) is 5. The molecule has 2 heterocycles. The first-order chi connectivity index (χ1) is 20.2. The molecule has 0 unspecified atom stereocenters. The highest BCUT2D eigenvalue weighted by Gasteiger charge is 2.36. The number of hydrogen-bond donors (Lipinski definition) is 5. The van der Waals surface area contributed by atoms with E-state index in [-0.39, 0.29) is 24.4 Å². The second-order valence-electron chi connectivity index (χ2n) is 11.5. The van der Waals surface area contributed by atoms with E-state index in [1.165, 1.54) is 30.3 Å². The molecular formula is C30H32Cl2FN5O5. The van der Waals surface area contributed by atoms with Crippen molar-refractivity contribution in [2.75, 3.05) is 6.54 Å². The summed E-state index contributed by atoms with van der Waals surface area (Å²) in [5.74, 6) is -4.75. The Bertz CT molecular complexity index is 1580. The van der Waals surface area contributed by atoms with Crippen molar-refractivity contribution in [2.24, 2.45) is 5.92 Å². The van der Waals surface area contributed by atoms with Gasteiger partial charge in [0.15, 0.2) is 0 Å². The van der Waals surface area contributed by atoms with Gasteiger partial charge in [0, 0.05) is 40.3 Å². The minimum atomic E-state index is -1.36. The molecule has 2 aromatic carbocycles. The average Bonchev–Trinajstić information content (AvgIpc) is 3.52. The van der Waals surface area contributed by atoms with Gasteiger partial charge in [-0.2, -0.15) is 0 Å². The Labute approximate surface area is 257 Å². The van der Waals surface area contributed by atoms with Crippen molar-refractivity contribution in [2.45, 2.75) is 57.7 Å². The molecule has 3 atom stereocenters. The van der Waals surface area contributed by atoms with Crippen LogP contribution in [0, 0.1) is 11.7 Å². The van der Waals surface area contributed by atoms with Gasteiger partial charge in [0.05, 0.1) is 11.1 Å². The van der Waals surface area contributed by atoms with Crippen LogP contribution in [0.25, 0.3) is 10.9 Å². The third kappa shape index (κ3) is 8.32. The van der Waals surface area contributed by atoms with Gasteiger partial charge in [0.1, 0.15) is 17.6 Å². The first-order valence-corrected chi connectivity index (χ1v) is 14.4. The summed E-state index contributed by atoms with van der Waals surface area (Å²) in [5, 5.41) is 11.7. The highest BCUT2D eigenvalue weighted by molar-refractivity contribution is 6.39. The third-order valence-corrected chi connectivity index (χ3v) is 7.41. The number of carbonyl (C=O) groups is 5. The number of rotatable bonds is 10. The fraction of sp³-hybridized carbons (Fsp3) is 0.367. The summed E-state index contributed by atoms with van der Waals surface area (Å²) in [6, 6.07) is 7.48. The van der Waals surface area contributed by atoms with Gasteiger partial charge in [-0.05, 0) is 69.5 Å². The maximum Gasteiger partial charge on any atom is 0.290 e. The van der Waals surface area contributed by atoms with Crippen LogP contribution in [-0.2, 0) is 25.6 Å². The summed E-state index contributed by atoms with van der Waals surface area (Å²) in [7, 11) is 0. The van der Waals surface area contributed by atoms with E-state index in [2.05, 4.69) is 26.3 Å². The molecule has 1 saturated heterocycles. The Hall–Kier alpha value is -3.96. The maximum atomic E-state index is 14.0. The van der Waals surface area contributed by atoms with Gasteiger partial charge in [0.2, 0.25) is 17.6 Å². The SMILES string of the molecule is CC(C)(C)NC(=O)C(=O)[C@H](C[C@@H]1CCNC1=O)NC(=O)[C@H](Cc1cccc(F)c1)NC(=O)c1cc2c(Cl)cc(Cl)cc2[nH]1. The topological polar surface area (TPSA) is 149 Å². The first kappa shape index (κ1) is 32.0. The van der Waals surface area contributed by atoms with Crippen molar-refractivity contribution >= 4 is 63.5 Å². The van der Waals surface area contributed by atoms with E-state index in [4.69, 9.17) is 23.2 Å². The molecule has 1 aliphatic heterocycles. The van der Waals surface area contributed by atoms with Crippen LogP contribution in [-0.4, -0.2) is 58.6 Å². The Kier molecular flexibility index (Phi) is 9.76. The molecule has 0 radical (unpaired) electrons. The minimum absolute atomic E-state index is 0.0796. The lowest BCUT2D eigenvalue weighted by Crippen LogP contribution is -2.56. The minimum Gasteiger partial charge on any atom is -0.356 e. The van der Waals surface area contributed by atoms with E-state index < -0.39 is 52.9 Å². The Balaban J connectivity index is 1.61. The zero-order valence-electron chi connectivity index (χ0n) is 23.8. The van der Waals surface area contributed by atoms with Gasteiger partial charge in [-0.25, -0.2) is 4.39 Å². The summed E-state index contributed by atoms with van der Waals surface area (Å²) in [6.45, 7) is 5.51. The fourth-order valence-electron chi connectivity index (χ4n) is 4.85. The van der Waals surface area contributed by atoms with Crippen LogP contribution in [0.1, 0.15) is 49.7 Å². The van der Waals surface area contributed by atoms with Gasteiger partial charge < -0.3 is 26.3 Å². The lowest BCUT2D eigenvalue weighted by molar-refractivity contribution is -0.141. The standard InChI is InChI=1S/C30H32Cl2FN5O5/c1-30(2,3)38-29(43)25(39)22(11-16-7-8-34-26(16)40)36-27(41)23(10-15-5-4-6-18(33)9-15)37-28(42)24-14-19-20(32)12-17(31)13-21(19)35-24/h4-6,9,12-14,16,22-23,35H,7-8,10-11H2,1-3H3,(H,34,40)(H,36,41)(H,37,42)(H,38,43)/t16-,22-,23-/m0/s1. The predicted octanol–water partition coefficient (Wildman–Crippen LogP) is 3.45. The quantitative estimate of drug-likeness (QED) is 0.217. The van der Waals surface area contributed by atoms with E-state index in [1.807, 2.05) is 0 Å². The molecule has 5 N–H and O–H groups in total. The molecule has 1 fully saturated rings. The Morgan fingerprint density at radius 3 is 2.44 bits per heavy atom. The highest BCUT2D eigenvalue weighted by Crippen LogP contribution is 2.28. The fourth-order valence-corrected chi connectivity index (χ4v) is 5.39. The molecule has 10 nitrogen and oxygen atoms in total. The van der Waals surface area contributed by atoms with Crippen LogP contribution >= 0.6 is 23.2 Å². The Morgan fingerprint density at radius 1 is 1.05 bits per heavy atom. The van der Waals surface area contributed by atoms with Gasteiger partial charge in [-0.1, -0.05) is 35.3 Å². The summed E-state index contributed by atoms with van der Waals surface area (Å²) in [6.07, 6.45) is 0.173. The van der Waals surface area contributed by atoms with Crippen molar-refractivity contribution < 1.29 is 28.4 Å². The zero-order valence-corrected chi connectivity index (χ0v) is 25.3. The number of amides is 4. The number of Topliss-reactive ketones (excluding diaryl/α,β-unsaturated/α-hetero) is 1. The second-order valence-corrected chi connectivity index (χ2v) is 12.4. The number of nitrogens with one attached hydrogen (secondary N) is 5. The van der Waals surface area contributed by atoms with Crippen LogP contribution in [0.5, 0.6) is 0 Å². The molecule has 4 rings (SSSR count). The van der Waals surface area contributed by atoms with Crippen molar-refractivity contribution in [1.29, 1.82) is 0 Å². The number of H-pyrrole nitrogens is 1. The molecular weight excluding hydrogens is 600 g/mol. The number of halogens is 3. The van der Waals surface area contributed by atoms with Crippen molar-refractivity contribution in [1.82, 2.24) is 26.3 Å². The zero-order chi connectivity index (χ0) is 31.5. The van der Waals surface area contributed by atoms with Crippen LogP contribution in [0.15, 0.2) is 42.5 Å². The smallest absolute Gasteiger partial charge is 0.290 e. The molecule has 1 aromatic heterocycles. The number of carbonyl (C=O) groups excluding carboxylic acids is 5. The third-order valence-electron chi connectivity index (χ3n) is 6.88. The van der Waals surface area contributed by atoms with Crippen LogP contribution in [0.2, 0.25) is 10.0 Å². The summed E-state index contributed by atoms with van der Waals surface area (Å²) in [5.41, 5.74) is 0.248. The molecule has 0 bridgehead atoms. The first-order valence-electron chi connectivity index (χ1n) is 13.7. The highest BCUT2D eigenvalue weighted by atomic mass is 35.5. The molecule has 13 heteroatoms. The lowest BCUT2D eigenvalue weighted by atomic mass is 9.94. The summed E-state index contributed by atoms with van der Waals surface area (Å²) < 4.78 is 14.0.